The molecule has 0 aliphatic heterocycles. The first-order valence-electron chi connectivity index (χ1n) is 4.01. The SMILES string of the molecule is CS(=O)(=O)/C(C#N)=C\c1ccc(Cl)cc1. The zero-order valence-corrected chi connectivity index (χ0v) is 9.51. The summed E-state index contributed by atoms with van der Waals surface area (Å²) in [5, 5.41) is 9.21. The predicted molar refractivity (Wildman–Crippen MR) is 59.9 cm³/mol. The second-order valence-electron chi connectivity index (χ2n) is 2.94. The van der Waals surface area contributed by atoms with Crippen molar-refractivity contribution in [2.24, 2.45) is 0 Å². The summed E-state index contributed by atoms with van der Waals surface area (Å²) in [7, 11) is -3.46. The Morgan fingerprint density at radius 1 is 1.40 bits per heavy atom. The fourth-order valence-electron chi connectivity index (χ4n) is 0.933. The van der Waals surface area contributed by atoms with Gasteiger partial charge in [-0.05, 0) is 23.8 Å². The molecule has 0 spiro atoms. The Hall–Kier alpha value is -1.31. The number of nitrogens with zero attached hydrogens (tertiary/aromatic N) is 1. The van der Waals surface area contributed by atoms with E-state index in [0.29, 0.717) is 10.6 Å². The van der Waals surface area contributed by atoms with Crippen LogP contribution in [0.3, 0.4) is 0 Å². The van der Waals surface area contributed by atoms with Crippen molar-refractivity contribution in [1.29, 1.82) is 5.26 Å². The van der Waals surface area contributed by atoms with E-state index in [1.807, 2.05) is 0 Å². The summed E-state index contributed by atoms with van der Waals surface area (Å²) in [4.78, 5) is -0.259. The average Bonchev–Trinajstić information content (AvgIpc) is 2.15. The maximum Gasteiger partial charge on any atom is 0.185 e. The zero-order valence-electron chi connectivity index (χ0n) is 7.94. The van der Waals surface area contributed by atoms with Crippen LogP contribution in [0.1, 0.15) is 5.56 Å². The van der Waals surface area contributed by atoms with Gasteiger partial charge in [-0.1, -0.05) is 23.7 Å². The third-order valence-corrected chi connectivity index (χ3v) is 2.94. The summed E-state index contributed by atoms with van der Waals surface area (Å²) >= 11 is 5.67. The maximum atomic E-state index is 11.1. The largest absolute Gasteiger partial charge is 0.223 e. The monoisotopic (exact) mass is 241 g/mol. The van der Waals surface area contributed by atoms with Crippen LogP contribution in [0.5, 0.6) is 0 Å². The van der Waals surface area contributed by atoms with Crippen molar-refractivity contribution < 1.29 is 8.42 Å². The summed E-state index contributed by atoms with van der Waals surface area (Å²) in [5.41, 5.74) is 0.626. The molecular formula is C10H8ClNO2S. The Labute approximate surface area is 93.5 Å². The molecule has 0 heterocycles. The summed E-state index contributed by atoms with van der Waals surface area (Å²) in [6.07, 6.45) is 2.31. The van der Waals surface area contributed by atoms with E-state index < -0.39 is 9.84 Å². The minimum Gasteiger partial charge on any atom is -0.223 e. The van der Waals surface area contributed by atoms with E-state index in [0.717, 1.165) is 6.26 Å². The van der Waals surface area contributed by atoms with Crippen LogP contribution in [0.15, 0.2) is 29.2 Å². The molecule has 0 saturated heterocycles. The molecule has 0 fully saturated rings. The third-order valence-electron chi connectivity index (χ3n) is 1.68. The number of sulfone groups is 1. The third kappa shape index (κ3) is 3.39. The van der Waals surface area contributed by atoms with Gasteiger partial charge < -0.3 is 0 Å². The Balaban J connectivity index is 3.17. The lowest BCUT2D eigenvalue weighted by Crippen LogP contribution is -1.98. The van der Waals surface area contributed by atoms with Crippen molar-refractivity contribution in [3.63, 3.8) is 0 Å². The molecule has 0 unspecified atom stereocenters. The van der Waals surface area contributed by atoms with Crippen molar-refractivity contribution in [1.82, 2.24) is 0 Å². The van der Waals surface area contributed by atoms with Gasteiger partial charge in [0.15, 0.2) is 9.84 Å². The first kappa shape index (κ1) is 11.8. The highest BCUT2D eigenvalue weighted by Gasteiger charge is 2.09. The molecule has 0 N–H and O–H groups in total. The zero-order chi connectivity index (χ0) is 11.5. The summed E-state index contributed by atoms with van der Waals surface area (Å²) in [6.45, 7) is 0. The number of hydrogen-bond donors (Lipinski definition) is 0. The fourth-order valence-corrected chi connectivity index (χ4v) is 1.57. The lowest BCUT2D eigenvalue weighted by atomic mass is 10.2. The lowest BCUT2D eigenvalue weighted by Gasteiger charge is -1.96. The topological polar surface area (TPSA) is 57.9 Å². The minimum absolute atomic E-state index is 0.259. The second kappa shape index (κ2) is 4.47. The van der Waals surface area contributed by atoms with E-state index in [4.69, 9.17) is 16.9 Å². The molecule has 5 heteroatoms. The van der Waals surface area contributed by atoms with Crippen LogP contribution in [0.25, 0.3) is 6.08 Å². The Bertz CT molecular complexity index is 524. The summed E-state index contributed by atoms with van der Waals surface area (Å²) < 4.78 is 22.2. The van der Waals surface area contributed by atoms with E-state index in [1.165, 1.54) is 6.08 Å². The molecule has 1 aromatic rings. The molecule has 0 aliphatic carbocycles. The van der Waals surface area contributed by atoms with Gasteiger partial charge in [-0.2, -0.15) is 5.26 Å². The molecule has 1 aromatic carbocycles. The highest BCUT2D eigenvalue weighted by Crippen LogP contribution is 2.14. The Morgan fingerprint density at radius 2 is 1.93 bits per heavy atom. The molecule has 1 rings (SSSR count). The molecule has 0 bridgehead atoms. The van der Waals surface area contributed by atoms with E-state index in [-0.39, 0.29) is 4.91 Å². The number of halogens is 1. The van der Waals surface area contributed by atoms with Gasteiger partial charge in [0.1, 0.15) is 11.0 Å². The van der Waals surface area contributed by atoms with Gasteiger partial charge in [0.25, 0.3) is 0 Å². The number of rotatable bonds is 2. The van der Waals surface area contributed by atoms with E-state index in [9.17, 15) is 8.42 Å². The number of hydrogen-bond acceptors (Lipinski definition) is 3. The van der Waals surface area contributed by atoms with Crippen LogP contribution < -0.4 is 0 Å². The number of nitriles is 1. The summed E-state index contributed by atoms with van der Waals surface area (Å²) in [6, 6.07) is 8.19. The van der Waals surface area contributed by atoms with Crippen LogP contribution in [-0.4, -0.2) is 14.7 Å². The van der Waals surface area contributed by atoms with Crippen LogP contribution in [0.4, 0.5) is 0 Å². The van der Waals surface area contributed by atoms with Crippen LogP contribution in [-0.2, 0) is 9.84 Å². The van der Waals surface area contributed by atoms with E-state index in [1.54, 1.807) is 30.3 Å². The van der Waals surface area contributed by atoms with Gasteiger partial charge >= 0.3 is 0 Å². The van der Waals surface area contributed by atoms with Crippen molar-refractivity contribution in [3.05, 3.63) is 39.8 Å². The van der Waals surface area contributed by atoms with Gasteiger partial charge in [0, 0.05) is 11.3 Å². The number of allylic oxidation sites excluding steroid dienone is 1. The molecule has 0 atom stereocenters. The van der Waals surface area contributed by atoms with Crippen LogP contribution in [0, 0.1) is 11.3 Å². The summed E-state index contributed by atoms with van der Waals surface area (Å²) in [5.74, 6) is 0. The Morgan fingerprint density at radius 3 is 2.33 bits per heavy atom. The molecule has 0 radical (unpaired) electrons. The standard InChI is InChI=1S/C10H8ClNO2S/c1-15(13,14)10(7-12)6-8-2-4-9(11)5-3-8/h2-6H,1H3/b10-6-. The first-order chi connectivity index (χ1) is 6.93. The molecule has 15 heavy (non-hydrogen) atoms. The van der Waals surface area contributed by atoms with Crippen molar-refractivity contribution >= 4 is 27.5 Å². The highest BCUT2D eigenvalue weighted by atomic mass is 35.5. The molecule has 0 aromatic heterocycles. The van der Waals surface area contributed by atoms with Gasteiger partial charge in [0.05, 0.1) is 0 Å². The van der Waals surface area contributed by atoms with Gasteiger partial charge in [0.2, 0.25) is 0 Å². The molecule has 0 aliphatic rings. The van der Waals surface area contributed by atoms with Crippen molar-refractivity contribution in [2.75, 3.05) is 6.26 Å². The molecule has 3 nitrogen and oxygen atoms in total. The molecule has 78 valence electrons. The lowest BCUT2D eigenvalue weighted by molar-refractivity contribution is 0.609. The van der Waals surface area contributed by atoms with Crippen LogP contribution in [0.2, 0.25) is 5.02 Å². The molecule has 0 amide bonds. The van der Waals surface area contributed by atoms with Crippen molar-refractivity contribution in [3.8, 4) is 6.07 Å². The van der Waals surface area contributed by atoms with E-state index >= 15 is 0 Å². The fraction of sp³-hybridized carbons (Fsp3) is 0.100. The maximum absolute atomic E-state index is 11.1. The minimum atomic E-state index is -3.46. The van der Waals surface area contributed by atoms with Crippen LogP contribution >= 0.6 is 11.6 Å². The van der Waals surface area contributed by atoms with Gasteiger partial charge in [-0.25, -0.2) is 8.42 Å². The quantitative estimate of drug-likeness (QED) is 0.747. The average molecular weight is 242 g/mol. The van der Waals surface area contributed by atoms with Gasteiger partial charge in [-0.3, -0.25) is 0 Å². The predicted octanol–water partition coefficient (Wildman–Crippen LogP) is 2.25. The van der Waals surface area contributed by atoms with Crippen molar-refractivity contribution in [2.45, 2.75) is 0 Å². The molecular weight excluding hydrogens is 234 g/mol. The highest BCUT2D eigenvalue weighted by molar-refractivity contribution is 7.95. The number of benzene rings is 1. The normalized spacial score (nSPS) is 12.2. The first-order valence-corrected chi connectivity index (χ1v) is 6.28. The Kier molecular flexibility index (Phi) is 3.51. The smallest absolute Gasteiger partial charge is 0.185 e. The molecule has 0 saturated carbocycles. The van der Waals surface area contributed by atoms with E-state index in [2.05, 4.69) is 0 Å². The second-order valence-corrected chi connectivity index (χ2v) is 5.36. The van der Waals surface area contributed by atoms with Gasteiger partial charge in [-0.15, -0.1) is 0 Å².